The monoisotopic (exact) mass is 534 g/mol. The Bertz CT molecular complexity index is 1240. The average Bonchev–Trinajstić information content (AvgIpc) is 3.34. The van der Waals surface area contributed by atoms with Crippen LogP contribution < -0.4 is 0 Å². The Kier molecular flexibility index (Phi) is 8.39. The van der Waals surface area contributed by atoms with E-state index in [2.05, 4.69) is 4.90 Å². The molecule has 1 amide bonds. The Hall–Kier alpha value is -3.11. The van der Waals surface area contributed by atoms with Crippen molar-refractivity contribution in [2.75, 3.05) is 39.0 Å². The molecule has 2 heterocycles. The first-order chi connectivity index (χ1) is 17.6. The molecular formula is C27H26F4N2O3S. The highest BCUT2D eigenvalue weighted by Crippen LogP contribution is 2.24. The number of rotatable bonds is 6. The largest absolute Gasteiger partial charge is 0.334 e. The van der Waals surface area contributed by atoms with Gasteiger partial charge in [0.1, 0.15) is 0 Å². The summed E-state index contributed by atoms with van der Waals surface area (Å²) in [5.41, 5.74) is 0.864. The predicted molar refractivity (Wildman–Crippen MR) is 134 cm³/mol. The summed E-state index contributed by atoms with van der Waals surface area (Å²) in [6.07, 6.45) is 5.44. The zero-order chi connectivity index (χ0) is 26.7. The lowest BCUT2D eigenvalue weighted by Gasteiger charge is -2.30. The van der Waals surface area contributed by atoms with E-state index in [9.17, 15) is 31.4 Å². The Morgan fingerprint density at radius 2 is 1.49 bits per heavy atom. The summed E-state index contributed by atoms with van der Waals surface area (Å²) in [7, 11) is -0.929. The summed E-state index contributed by atoms with van der Waals surface area (Å²) >= 11 is 0. The second-order valence-corrected chi connectivity index (χ2v) is 10.9. The summed E-state index contributed by atoms with van der Waals surface area (Å²) in [6, 6.07) is 6.44. The first-order valence-electron chi connectivity index (χ1n) is 11.8. The van der Waals surface area contributed by atoms with Gasteiger partial charge < -0.3 is 9.80 Å². The zero-order valence-electron chi connectivity index (χ0n) is 20.2. The maximum Gasteiger partial charge on any atom is 0.224 e. The molecule has 2 aromatic rings. The number of ketones is 1. The van der Waals surface area contributed by atoms with Crippen LogP contribution in [0.5, 0.6) is 0 Å². The molecular weight excluding hydrogens is 508 g/mol. The van der Waals surface area contributed by atoms with E-state index in [0.29, 0.717) is 13.1 Å². The summed E-state index contributed by atoms with van der Waals surface area (Å²) in [4.78, 5) is 29.9. The molecule has 2 aliphatic heterocycles. The summed E-state index contributed by atoms with van der Waals surface area (Å²) in [5.74, 6) is -4.83. The molecule has 0 spiro atoms. The van der Waals surface area contributed by atoms with Gasteiger partial charge in [-0.05, 0) is 60.5 Å². The molecule has 0 aromatic heterocycles. The first kappa shape index (κ1) is 26.9. The summed E-state index contributed by atoms with van der Waals surface area (Å²) in [6.45, 7) is 1.80. The van der Waals surface area contributed by atoms with Crippen molar-refractivity contribution in [3.8, 4) is 0 Å². The topological polar surface area (TPSA) is 57.7 Å². The van der Waals surface area contributed by atoms with Crippen LogP contribution in [0.25, 0.3) is 12.2 Å². The quantitative estimate of drug-likeness (QED) is 0.416. The number of hydrogen-bond acceptors (Lipinski definition) is 4. The molecule has 2 saturated heterocycles. The standard InChI is InChI=1S/C27H26F4N2O3S/c1-37(36)21-6-8-32(16-21)9-7-26(34)33-14-19(10-17-2-4-22(28)24(30)12-17)27(35)20(15-33)11-18-3-5-23(29)25(31)13-18/h2-5,10-13,21H,6-9,14-16H2,1H3/b19-10+,20-11+. The van der Waals surface area contributed by atoms with E-state index in [1.54, 1.807) is 6.26 Å². The number of amides is 1. The van der Waals surface area contributed by atoms with Crippen LogP contribution >= 0.6 is 0 Å². The fourth-order valence-corrected chi connectivity index (χ4v) is 5.36. The molecule has 2 aliphatic rings. The van der Waals surface area contributed by atoms with Crippen molar-refractivity contribution in [1.82, 2.24) is 9.80 Å². The molecule has 196 valence electrons. The van der Waals surface area contributed by atoms with Crippen molar-refractivity contribution in [1.29, 1.82) is 0 Å². The maximum absolute atomic E-state index is 13.7. The van der Waals surface area contributed by atoms with Gasteiger partial charge in [0.15, 0.2) is 29.1 Å². The van der Waals surface area contributed by atoms with Gasteiger partial charge in [-0.1, -0.05) is 12.1 Å². The number of halogens is 4. The van der Waals surface area contributed by atoms with Crippen LogP contribution in [0, 0.1) is 23.3 Å². The molecule has 2 atom stereocenters. The fraction of sp³-hybridized carbons (Fsp3) is 0.333. The van der Waals surface area contributed by atoms with E-state index in [0.717, 1.165) is 37.2 Å². The van der Waals surface area contributed by atoms with E-state index in [1.165, 1.54) is 29.2 Å². The molecule has 5 nitrogen and oxygen atoms in total. The lowest BCUT2D eigenvalue weighted by molar-refractivity contribution is -0.131. The molecule has 0 aliphatic carbocycles. The molecule has 0 saturated carbocycles. The van der Waals surface area contributed by atoms with Crippen LogP contribution in [0.15, 0.2) is 47.5 Å². The van der Waals surface area contributed by atoms with Crippen LogP contribution in [0.4, 0.5) is 17.6 Å². The number of nitrogens with zero attached hydrogens (tertiary/aromatic N) is 2. The molecule has 2 aromatic carbocycles. The Labute approximate surface area is 214 Å². The Morgan fingerprint density at radius 3 is 1.95 bits per heavy atom. The minimum Gasteiger partial charge on any atom is -0.334 e. The van der Waals surface area contributed by atoms with Crippen LogP contribution in [-0.2, 0) is 20.4 Å². The molecule has 0 N–H and O–H groups in total. The number of benzene rings is 2. The van der Waals surface area contributed by atoms with Crippen molar-refractivity contribution in [3.63, 3.8) is 0 Å². The van der Waals surface area contributed by atoms with Crippen molar-refractivity contribution >= 4 is 34.6 Å². The van der Waals surface area contributed by atoms with Gasteiger partial charge in [-0.2, -0.15) is 0 Å². The maximum atomic E-state index is 13.7. The molecule has 2 unspecified atom stereocenters. The molecule has 10 heteroatoms. The highest BCUT2D eigenvalue weighted by molar-refractivity contribution is 7.84. The summed E-state index contributed by atoms with van der Waals surface area (Å²) < 4.78 is 65.9. The number of likely N-dealkylation sites (tertiary alicyclic amines) is 2. The lowest BCUT2D eigenvalue weighted by atomic mass is 9.94. The van der Waals surface area contributed by atoms with Crippen LogP contribution in [0.3, 0.4) is 0 Å². The van der Waals surface area contributed by atoms with E-state index < -0.39 is 39.9 Å². The molecule has 2 fully saturated rings. The van der Waals surface area contributed by atoms with E-state index >= 15 is 0 Å². The number of hydrogen-bond donors (Lipinski definition) is 0. The average molecular weight is 535 g/mol. The number of carbonyl (C=O) groups is 2. The molecule has 0 radical (unpaired) electrons. The normalized spacial score (nSPS) is 21.7. The fourth-order valence-electron chi connectivity index (χ4n) is 4.51. The predicted octanol–water partition coefficient (Wildman–Crippen LogP) is 3.96. The van der Waals surface area contributed by atoms with Crippen molar-refractivity contribution in [2.45, 2.75) is 18.1 Å². The highest BCUT2D eigenvalue weighted by atomic mass is 32.2. The Balaban J connectivity index is 1.57. The minimum atomic E-state index is -1.07. The molecule has 0 bridgehead atoms. The van der Waals surface area contributed by atoms with Gasteiger partial charge in [0.25, 0.3) is 0 Å². The van der Waals surface area contributed by atoms with Gasteiger partial charge in [-0.25, -0.2) is 17.6 Å². The van der Waals surface area contributed by atoms with Gasteiger partial charge in [0.2, 0.25) is 5.91 Å². The van der Waals surface area contributed by atoms with Crippen molar-refractivity contribution in [2.24, 2.45) is 0 Å². The molecule has 37 heavy (non-hydrogen) atoms. The van der Waals surface area contributed by atoms with Gasteiger partial charge >= 0.3 is 0 Å². The Morgan fingerprint density at radius 1 is 0.946 bits per heavy atom. The minimum absolute atomic E-state index is 0.0343. The van der Waals surface area contributed by atoms with Crippen LogP contribution in [0.1, 0.15) is 24.0 Å². The third-order valence-corrected chi connectivity index (χ3v) is 7.89. The third kappa shape index (κ3) is 6.61. The number of piperidine rings is 1. The highest BCUT2D eigenvalue weighted by Gasteiger charge is 2.30. The van der Waals surface area contributed by atoms with Crippen molar-refractivity contribution < 1.29 is 31.4 Å². The molecule has 4 rings (SSSR count). The number of carbonyl (C=O) groups excluding carboxylic acids is 2. The van der Waals surface area contributed by atoms with Gasteiger partial charge in [0, 0.05) is 66.1 Å². The van der Waals surface area contributed by atoms with Gasteiger partial charge in [-0.3, -0.25) is 13.8 Å². The summed E-state index contributed by atoms with van der Waals surface area (Å²) in [5, 5.41) is 0.0824. The van der Waals surface area contributed by atoms with E-state index in [-0.39, 0.29) is 52.9 Å². The smallest absolute Gasteiger partial charge is 0.224 e. The lowest BCUT2D eigenvalue weighted by Crippen LogP contribution is -2.42. The zero-order valence-corrected chi connectivity index (χ0v) is 21.0. The number of Topliss-reactive ketones (excluding diaryl/α,β-unsaturated/α-hetero) is 1. The van der Waals surface area contributed by atoms with Crippen LogP contribution in [0.2, 0.25) is 0 Å². The van der Waals surface area contributed by atoms with Crippen LogP contribution in [-0.4, -0.2) is 69.9 Å². The third-order valence-electron chi connectivity index (χ3n) is 6.57. The first-order valence-corrected chi connectivity index (χ1v) is 13.4. The van der Waals surface area contributed by atoms with Gasteiger partial charge in [0.05, 0.1) is 0 Å². The SMILES string of the molecule is CS(=O)C1CCN(CCC(=O)N2C/C(=C\c3ccc(F)c(F)c3)C(=O)/C(=C/c3ccc(F)c(F)c3)C2)C1. The van der Waals surface area contributed by atoms with Gasteiger partial charge in [-0.15, -0.1) is 0 Å². The second kappa shape index (κ2) is 11.5. The second-order valence-electron chi connectivity index (χ2n) is 9.23. The van der Waals surface area contributed by atoms with E-state index in [4.69, 9.17) is 0 Å². The van der Waals surface area contributed by atoms with E-state index in [1.807, 2.05) is 0 Å². The van der Waals surface area contributed by atoms with Crippen molar-refractivity contribution in [3.05, 3.63) is 81.9 Å².